The summed E-state index contributed by atoms with van der Waals surface area (Å²) in [4.78, 5) is 1.21. The predicted octanol–water partition coefficient (Wildman–Crippen LogP) is 3.67. The van der Waals surface area contributed by atoms with Crippen molar-refractivity contribution in [1.29, 1.82) is 0 Å². The van der Waals surface area contributed by atoms with Crippen LogP contribution < -0.4 is 0 Å². The molecule has 2 aromatic heterocycles. The Morgan fingerprint density at radius 1 is 1.16 bits per heavy atom. The molecule has 3 aromatic rings. The summed E-state index contributed by atoms with van der Waals surface area (Å²) in [7, 11) is 0. The van der Waals surface area contributed by atoms with Crippen LogP contribution in [0.1, 0.15) is 4.88 Å². The maximum absolute atomic E-state index is 5.91. The highest BCUT2D eigenvalue weighted by atomic mass is 35.5. The Morgan fingerprint density at radius 3 is 2.74 bits per heavy atom. The summed E-state index contributed by atoms with van der Waals surface area (Å²) < 4.78 is 2.54. The molecule has 0 atom stereocenters. The highest BCUT2D eigenvalue weighted by Crippen LogP contribution is 2.28. The molecule has 0 bridgehead atoms. The highest BCUT2D eigenvalue weighted by Gasteiger charge is 2.09. The van der Waals surface area contributed by atoms with Gasteiger partial charge in [0.05, 0.1) is 10.0 Å². The summed E-state index contributed by atoms with van der Waals surface area (Å²) in [6, 6.07) is 13.8. The Labute approximate surface area is 123 Å². The second-order valence-electron chi connectivity index (χ2n) is 3.70. The van der Waals surface area contributed by atoms with Gasteiger partial charge in [0.1, 0.15) is 0 Å². The molecule has 0 aliphatic heterocycles. The Hall–Kier alpha value is -1.37. The third-order valence-corrected chi connectivity index (χ3v) is 4.80. The number of thioether (sulfide) groups is 1. The number of rotatable bonds is 4. The van der Waals surface area contributed by atoms with Crippen molar-refractivity contribution < 1.29 is 0 Å². The Kier molecular flexibility index (Phi) is 3.82. The summed E-state index contributed by atoms with van der Waals surface area (Å²) in [6.45, 7) is 0. The van der Waals surface area contributed by atoms with Crippen LogP contribution in [0, 0.1) is 0 Å². The van der Waals surface area contributed by atoms with Crippen molar-refractivity contribution in [3.8, 4) is 5.69 Å². The fourth-order valence-corrected chi connectivity index (χ4v) is 3.59. The van der Waals surface area contributed by atoms with Crippen molar-refractivity contribution >= 4 is 34.7 Å². The van der Waals surface area contributed by atoms with E-state index in [1.807, 2.05) is 42.5 Å². The number of hydrogen-bond acceptors (Lipinski definition) is 5. The minimum Gasteiger partial charge on any atom is -0.188 e. The molecule has 4 nitrogen and oxygen atoms in total. The minimum atomic E-state index is 0.774. The van der Waals surface area contributed by atoms with Gasteiger partial charge in [-0.1, -0.05) is 41.6 Å². The second kappa shape index (κ2) is 5.73. The van der Waals surface area contributed by atoms with Crippen LogP contribution in [0.2, 0.25) is 4.34 Å². The lowest BCUT2D eigenvalue weighted by atomic mass is 10.3. The van der Waals surface area contributed by atoms with Gasteiger partial charge in [0, 0.05) is 10.6 Å². The smallest absolute Gasteiger partial charge is 0.188 e. The SMILES string of the molecule is Clc1ccc(CSc2nnnn2-c2ccccc2)s1. The summed E-state index contributed by atoms with van der Waals surface area (Å²) in [5, 5.41) is 12.6. The van der Waals surface area contributed by atoms with Gasteiger partial charge in [0.2, 0.25) is 5.16 Å². The first-order valence-electron chi connectivity index (χ1n) is 5.54. The molecule has 0 N–H and O–H groups in total. The fourth-order valence-electron chi connectivity index (χ4n) is 1.57. The molecule has 0 aliphatic carbocycles. The lowest BCUT2D eigenvalue weighted by Gasteiger charge is -2.02. The number of aromatic nitrogens is 4. The van der Waals surface area contributed by atoms with E-state index in [4.69, 9.17) is 11.6 Å². The largest absolute Gasteiger partial charge is 0.214 e. The van der Waals surface area contributed by atoms with Crippen LogP contribution >= 0.6 is 34.7 Å². The molecule has 0 saturated heterocycles. The van der Waals surface area contributed by atoms with Crippen LogP contribution in [0.25, 0.3) is 5.69 Å². The van der Waals surface area contributed by atoms with E-state index in [1.165, 1.54) is 4.88 Å². The molecule has 96 valence electrons. The van der Waals surface area contributed by atoms with Crippen molar-refractivity contribution in [2.45, 2.75) is 10.9 Å². The molecule has 2 heterocycles. The number of hydrogen-bond donors (Lipinski definition) is 0. The zero-order chi connectivity index (χ0) is 13.1. The van der Waals surface area contributed by atoms with Gasteiger partial charge in [0.15, 0.2) is 0 Å². The van der Waals surface area contributed by atoms with Gasteiger partial charge in [-0.2, -0.15) is 4.68 Å². The van der Waals surface area contributed by atoms with E-state index < -0.39 is 0 Å². The summed E-state index contributed by atoms with van der Waals surface area (Å²) in [5.41, 5.74) is 0.958. The molecule has 7 heteroatoms. The van der Waals surface area contributed by atoms with Crippen molar-refractivity contribution in [3.05, 3.63) is 51.7 Å². The third kappa shape index (κ3) is 2.97. The standard InChI is InChI=1S/C12H9ClN4S2/c13-11-7-6-10(19-11)8-18-12-14-15-16-17(12)9-4-2-1-3-5-9/h1-7H,8H2. The Bertz CT molecular complexity index is 665. The minimum absolute atomic E-state index is 0.774. The fraction of sp³-hybridized carbons (Fsp3) is 0.0833. The summed E-state index contributed by atoms with van der Waals surface area (Å²) in [6.07, 6.45) is 0. The van der Waals surface area contributed by atoms with Gasteiger partial charge in [-0.05, 0) is 34.7 Å². The maximum atomic E-state index is 5.91. The molecular weight excluding hydrogens is 300 g/mol. The average Bonchev–Trinajstić information content (AvgIpc) is 3.06. The predicted molar refractivity (Wildman–Crippen MR) is 78.0 cm³/mol. The zero-order valence-corrected chi connectivity index (χ0v) is 12.1. The van der Waals surface area contributed by atoms with Gasteiger partial charge in [-0.3, -0.25) is 0 Å². The molecule has 0 spiro atoms. The number of nitrogens with zero attached hydrogens (tertiary/aromatic N) is 4. The normalized spacial score (nSPS) is 10.8. The van der Waals surface area contributed by atoms with Crippen LogP contribution in [-0.4, -0.2) is 20.2 Å². The van der Waals surface area contributed by atoms with Crippen molar-refractivity contribution in [2.75, 3.05) is 0 Å². The number of thiophene rings is 1. The molecule has 1 aromatic carbocycles. The maximum Gasteiger partial charge on any atom is 0.214 e. The van der Waals surface area contributed by atoms with Gasteiger partial charge >= 0.3 is 0 Å². The molecule has 0 fully saturated rings. The Balaban J connectivity index is 1.77. The van der Waals surface area contributed by atoms with E-state index in [9.17, 15) is 0 Å². The van der Waals surface area contributed by atoms with E-state index in [0.717, 1.165) is 20.9 Å². The van der Waals surface area contributed by atoms with E-state index in [2.05, 4.69) is 15.5 Å². The van der Waals surface area contributed by atoms with E-state index >= 15 is 0 Å². The van der Waals surface area contributed by atoms with Crippen LogP contribution in [0.5, 0.6) is 0 Å². The molecule has 0 radical (unpaired) electrons. The molecule has 0 aliphatic rings. The first-order valence-corrected chi connectivity index (χ1v) is 7.72. The van der Waals surface area contributed by atoms with Gasteiger partial charge in [-0.25, -0.2) is 0 Å². The third-order valence-electron chi connectivity index (χ3n) is 2.41. The van der Waals surface area contributed by atoms with Gasteiger partial charge < -0.3 is 0 Å². The number of halogens is 1. The Morgan fingerprint density at radius 2 is 2.00 bits per heavy atom. The van der Waals surface area contributed by atoms with Crippen LogP contribution in [0.4, 0.5) is 0 Å². The second-order valence-corrected chi connectivity index (χ2v) is 6.45. The van der Waals surface area contributed by atoms with E-state index in [-0.39, 0.29) is 0 Å². The molecule has 3 rings (SSSR count). The lowest BCUT2D eigenvalue weighted by Crippen LogP contribution is -1.98. The summed E-state index contributed by atoms with van der Waals surface area (Å²) in [5.74, 6) is 0.810. The molecule has 0 unspecified atom stereocenters. The molecule has 0 saturated carbocycles. The molecule has 0 amide bonds. The molecular formula is C12H9ClN4S2. The lowest BCUT2D eigenvalue weighted by molar-refractivity contribution is 0.756. The van der Waals surface area contributed by atoms with E-state index in [1.54, 1.807) is 27.8 Å². The first kappa shape index (κ1) is 12.7. The summed E-state index contributed by atoms with van der Waals surface area (Å²) >= 11 is 9.08. The number of benzene rings is 1. The zero-order valence-electron chi connectivity index (χ0n) is 9.73. The highest BCUT2D eigenvalue weighted by molar-refractivity contribution is 7.98. The van der Waals surface area contributed by atoms with E-state index in [0.29, 0.717) is 0 Å². The van der Waals surface area contributed by atoms with Gasteiger partial charge in [-0.15, -0.1) is 16.4 Å². The first-order chi connectivity index (χ1) is 9.33. The van der Waals surface area contributed by atoms with Gasteiger partial charge in [0.25, 0.3) is 0 Å². The van der Waals surface area contributed by atoms with Crippen LogP contribution in [-0.2, 0) is 5.75 Å². The number of para-hydroxylation sites is 1. The number of tetrazole rings is 1. The van der Waals surface area contributed by atoms with Crippen molar-refractivity contribution in [1.82, 2.24) is 20.2 Å². The van der Waals surface area contributed by atoms with Crippen molar-refractivity contribution in [2.24, 2.45) is 0 Å². The average molecular weight is 309 g/mol. The monoisotopic (exact) mass is 308 g/mol. The van der Waals surface area contributed by atoms with Crippen LogP contribution in [0.3, 0.4) is 0 Å². The topological polar surface area (TPSA) is 43.6 Å². The molecule has 19 heavy (non-hydrogen) atoms. The quantitative estimate of drug-likeness (QED) is 0.690. The van der Waals surface area contributed by atoms with Crippen LogP contribution in [0.15, 0.2) is 47.6 Å². The van der Waals surface area contributed by atoms with Crippen molar-refractivity contribution in [3.63, 3.8) is 0 Å².